The van der Waals surface area contributed by atoms with Gasteiger partial charge in [-0.1, -0.05) is 90.5 Å². The maximum absolute atomic E-state index is 10.2. The SMILES string of the molecule is Cc1cccc(-c2ccc3c4ccccc4n(-c4cc(-c5ccncc5)c(C#N)cc4-c4ccccc4)c3c2)c1. The lowest BCUT2D eigenvalue weighted by molar-refractivity contribution is 1.18. The molecule has 0 spiro atoms. The molecule has 3 heteroatoms. The van der Waals surface area contributed by atoms with Crippen molar-refractivity contribution in [2.45, 2.75) is 6.92 Å². The maximum Gasteiger partial charge on any atom is 0.0998 e. The van der Waals surface area contributed by atoms with E-state index in [2.05, 4.69) is 107 Å². The van der Waals surface area contributed by atoms with E-state index in [1.165, 1.54) is 27.5 Å². The average molecular weight is 512 g/mol. The average Bonchev–Trinajstić information content (AvgIpc) is 3.35. The van der Waals surface area contributed by atoms with Crippen LogP contribution in [0.5, 0.6) is 0 Å². The summed E-state index contributed by atoms with van der Waals surface area (Å²) in [6.45, 7) is 2.13. The minimum Gasteiger partial charge on any atom is -0.309 e. The molecule has 0 saturated heterocycles. The van der Waals surface area contributed by atoms with Gasteiger partial charge in [-0.15, -0.1) is 0 Å². The van der Waals surface area contributed by atoms with Crippen LogP contribution in [0.25, 0.3) is 60.9 Å². The fourth-order valence-electron chi connectivity index (χ4n) is 5.72. The van der Waals surface area contributed by atoms with Gasteiger partial charge in [-0.25, -0.2) is 0 Å². The second kappa shape index (κ2) is 9.69. The molecule has 0 unspecified atom stereocenters. The summed E-state index contributed by atoms with van der Waals surface area (Å²) < 4.78 is 2.36. The molecule has 0 N–H and O–H groups in total. The molecule has 0 aliphatic heterocycles. The van der Waals surface area contributed by atoms with E-state index in [-0.39, 0.29) is 0 Å². The van der Waals surface area contributed by atoms with E-state index in [1.807, 2.05) is 36.4 Å². The zero-order valence-corrected chi connectivity index (χ0v) is 22.0. The van der Waals surface area contributed by atoms with E-state index in [0.717, 1.165) is 39.0 Å². The first-order valence-electron chi connectivity index (χ1n) is 13.4. The second-order valence-corrected chi connectivity index (χ2v) is 10.1. The Hall–Kier alpha value is -5.46. The summed E-state index contributed by atoms with van der Waals surface area (Å²) in [5.41, 5.74) is 11.5. The van der Waals surface area contributed by atoms with Gasteiger partial charge in [0.1, 0.15) is 0 Å². The van der Waals surface area contributed by atoms with Crippen LogP contribution in [0.15, 0.2) is 134 Å². The Kier molecular flexibility index (Phi) is 5.73. The van der Waals surface area contributed by atoms with Crippen LogP contribution >= 0.6 is 0 Å². The predicted molar refractivity (Wildman–Crippen MR) is 164 cm³/mol. The van der Waals surface area contributed by atoms with Crippen LogP contribution < -0.4 is 0 Å². The van der Waals surface area contributed by atoms with Gasteiger partial charge in [-0.3, -0.25) is 4.98 Å². The Labute approximate surface area is 233 Å². The largest absolute Gasteiger partial charge is 0.309 e. The van der Waals surface area contributed by atoms with Crippen molar-refractivity contribution in [1.29, 1.82) is 5.26 Å². The first kappa shape index (κ1) is 23.6. The third kappa shape index (κ3) is 3.95. The summed E-state index contributed by atoms with van der Waals surface area (Å²) in [5.74, 6) is 0. The summed E-state index contributed by atoms with van der Waals surface area (Å²) in [4.78, 5) is 4.20. The van der Waals surface area contributed by atoms with Gasteiger partial charge < -0.3 is 4.57 Å². The standard InChI is InChI=1S/C37H25N3/c1-25-8-7-11-28(20-25)29-14-15-32-31-12-5-6-13-35(31)40(36(32)22-29)37-23-33(27-16-18-39-19-17-27)30(24-38)21-34(37)26-9-3-2-4-10-26/h2-23H,1H3. The molecule has 2 aromatic heterocycles. The summed E-state index contributed by atoms with van der Waals surface area (Å²) in [6.07, 6.45) is 3.55. The molecule has 2 heterocycles. The topological polar surface area (TPSA) is 41.6 Å². The second-order valence-electron chi connectivity index (χ2n) is 10.1. The number of rotatable bonds is 4. The van der Waals surface area contributed by atoms with Crippen molar-refractivity contribution < 1.29 is 0 Å². The number of nitrogens with zero attached hydrogens (tertiary/aromatic N) is 3. The molecule has 0 bridgehead atoms. The zero-order valence-electron chi connectivity index (χ0n) is 22.0. The smallest absolute Gasteiger partial charge is 0.0998 e. The lowest BCUT2D eigenvalue weighted by Gasteiger charge is -2.18. The number of hydrogen-bond donors (Lipinski definition) is 0. The summed E-state index contributed by atoms with van der Waals surface area (Å²) in [7, 11) is 0. The van der Waals surface area contributed by atoms with Gasteiger partial charge in [0.25, 0.3) is 0 Å². The molecule has 0 atom stereocenters. The number of aryl methyl sites for hydroxylation is 1. The van der Waals surface area contributed by atoms with Gasteiger partial charge >= 0.3 is 0 Å². The summed E-state index contributed by atoms with van der Waals surface area (Å²) >= 11 is 0. The predicted octanol–water partition coefficient (Wildman–Crippen LogP) is 9.36. The molecule has 188 valence electrons. The van der Waals surface area contributed by atoms with Gasteiger partial charge in [0, 0.05) is 34.3 Å². The molecule has 40 heavy (non-hydrogen) atoms. The lowest BCUT2D eigenvalue weighted by atomic mass is 9.94. The number of hydrogen-bond acceptors (Lipinski definition) is 2. The van der Waals surface area contributed by atoms with Crippen molar-refractivity contribution in [3.8, 4) is 45.1 Å². The van der Waals surface area contributed by atoms with Gasteiger partial charge in [0.2, 0.25) is 0 Å². The van der Waals surface area contributed by atoms with Crippen molar-refractivity contribution >= 4 is 21.8 Å². The third-order valence-corrected chi connectivity index (χ3v) is 7.60. The first-order valence-corrected chi connectivity index (χ1v) is 13.4. The van der Waals surface area contributed by atoms with E-state index in [9.17, 15) is 5.26 Å². The minimum atomic E-state index is 0.634. The number of fused-ring (bicyclic) bond motifs is 3. The van der Waals surface area contributed by atoms with Crippen LogP contribution in [-0.2, 0) is 0 Å². The van der Waals surface area contributed by atoms with Gasteiger partial charge in [0.15, 0.2) is 0 Å². The fraction of sp³-hybridized carbons (Fsp3) is 0.0270. The molecule has 0 radical (unpaired) electrons. The number of aromatic nitrogens is 2. The van der Waals surface area contributed by atoms with Crippen molar-refractivity contribution in [2.24, 2.45) is 0 Å². The molecule has 3 nitrogen and oxygen atoms in total. The van der Waals surface area contributed by atoms with Gasteiger partial charge in [-0.2, -0.15) is 5.26 Å². The van der Waals surface area contributed by atoms with Crippen LogP contribution in [0.4, 0.5) is 0 Å². The number of pyridine rings is 1. The Morgan fingerprint density at radius 1 is 0.575 bits per heavy atom. The molecule has 0 amide bonds. The summed E-state index contributed by atoms with van der Waals surface area (Å²) in [6, 6.07) is 44.9. The van der Waals surface area contributed by atoms with E-state index < -0.39 is 0 Å². The maximum atomic E-state index is 10.2. The molecule has 0 saturated carbocycles. The molecular weight excluding hydrogens is 486 g/mol. The van der Waals surface area contributed by atoms with Crippen LogP contribution in [0.3, 0.4) is 0 Å². The van der Waals surface area contributed by atoms with Crippen LogP contribution in [-0.4, -0.2) is 9.55 Å². The number of para-hydroxylation sites is 1. The molecule has 0 aliphatic rings. The number of nitriles is 1. The highest BCUT2D eigenvalue weighted by Crippen LogP contribution is 2.40. The molecule has 0 fully saturated rings. The number of benzene rings is 5. The Bertz CT molecular complexity index is 2060. The van der Waals surface area contributed by atoms with Gasteiger partial charge in [0.05, 0.1) is 28.4 Å². The third-order valence-electron chi connectivity index (χ3n) is 7.60. The Balaban J connectivity index is 1.61. The van der Waals surface area contributed by atoms with E-state index in [0.29, 0.717) is 5.56 Å². The molecule has 7 aromatic rings. The van der Waals surface area contributed by atoms with Gasteiger partial charge in [-0.05, 0) is 65.6 Å². The lowest BCUT2D eigenvalue weighted by Crippen LogP contribution is -2.00. The Morgan fingerprint density at radius 2 is 1.27 bits per heavy atom. The highest BCUT2D eigenvalue weighted by molar-refractivity contribution is 6.11. The fourth-order valence-corrected chi connectivity index (χ4v) is 5.72. The quantitative estimate of drug-likeness (QED) is 0.236. The van der Waals surface area contributed by atoms with Crippen molar-refractivity contribution in [1.82, 2.24) is 9.55 Å². The molecule has 0 aliphatic carbocycles. The Morgan fingerprint density at radius 3 is 2.08 bits per heavy atom. The van der Waals surface area contributed by atoms with Crippen LogP contribution in [0.2, 0.25) is 0 Å². The monoisotopic (exact) mass is 511 g/mol. The van der Waals surface area contributed by atoms with E-state index in [1.54, 1.807) is 12.4 Å². The van der Waals surface area contributed by atoms with E-state index in [4.69, 9.17) is 0 Å². The molecule has 5 aromatic carbocycles. The normalized spacial score (nSPS) is 11.1. The van der Waals surface area contributed by atoms with E-state index >= 15 is 0 Å². The minimum absolute atomic E-state index is 0.634. The summed E-state index contributed by atoms with van der Waals surface area (Å²) in [5, 5.41) is 12.6. The van der Waals surface area contributed by atoms with Crippen LogP contribution in [0, 0.1) is 18.3 Å². The first-order chi connectivity index (χ1) is 19.7. The van der Waals surface area contributed by atoms with Crippen molar-refractivity contribution in [3.63, 3.8) is 0 Å². The molecule has 7 rings (SSSR count). The van der Waals surface area contributed by atoms with Crippen molar-refractivity contribution in [3.05, 3.63) is 145 Å². The highest BCUT2D eigenvalue weighted by Gasteiger charge is 2.19. The van der Waals surface area contributed by atoms with Crippen LogP contribution in [0.1, 0.15) is 11.1 Å². The highest BCUT2D eigenvalue weighted by atomic mass is 15.0. The zero-order chi connectivity index (χ0) is 27.1. The molecular formula is C37H25N3. The van der Waals surface area contributed by atoms with Crippen molar-refractivity contribution in [2.75, 3.05) is 0 Å².